The fourth-order valence-corrected chi connectivity index (χ4v) is 5.42. The second-order valence-corrected chi connectivity index (χ2v) is 9.13. The van der Waals surface area contributed by atoms with Gasteiger partial charge in [-0.1, -0.05) is 12.5 Å². The Morgan fingerprint density at radius 1 is 1.20 bits per heavy atom. The average Bonchev–Trinajstić information content (AvgIpc) is 3.01. The van der Waals surface area contributed by atoms with E-state index in [-0.39, 0.29) is 22.9 Å². The van der Waals surface area contributed by atoms with Crippen LogP contribution in [0.2, 0.25) is 0 Å². The van der Waals surface area contributed by atoms with Crippen molar-refractivity contribution in [1.82, 2.24) is 9.21 Å². The van der Waals surface area contributed by atoms with Gasteiger partial charge in [-0.25, -0.2) is 8.42 Å². The molecule has 2 fully saturated rings. The van der Waals surface area contributed by atoms with E-state index in [2.05, 4.69) is 0 Å². The van der Waals surface area contributed by atoms with Crippen molar-refractivity contribution in [1.29, 1.82) is 0 Å². The number of nitrogens with two attached hydrogens (primary N) is 1. The number of aryl methyl sites for hydroxylation is 1. The SMILES string of the molecule is Cc1ccc(S(=O)(=O)N2CCCCC2C)cc1C(=O)N1CC[C@@H](N)C1. The Balaban J connectivity index is 1.92. The number of benzene rings is 1. The lowest BCUT2D eigenvalue weighted by Crippen LogP contribution is -2.42. The summed E-state index contributed by atoms with van der Waals surface area (Å²) in [6, 6.07) is 4.88. The van der Waals surface area contributed by atoms with Crippen molar-refractivity contribution in [2.75, 3.05) is 19.6 Å². The molecule has 1 aromatic carbocycles. The van der Waals surface area contributed by atoms with Crippen LogP contribution in [-0.2, 0) is 10.0 Å². The molecule has 3 rings (SSSR count). The van der Waals surface area contributed by atoms with Gasteiger partial charge in [0, 0.05) is 37.3 Å². The van der Waals surface area contributed by atoms with E-state index < -0.39 is 10.0 Å². The molecule has 0 saturated carbocycles. The van der Waals surface area contributed by atoms with Crippen LogP contribution < -0.4 is 5.73 Å². The van der Waals surface area contributed by atoms with Crippen molar-refractivity contribution < 1.29 is 13.2 Å². The van der Waals surface area contributed by atoms with Crippen molar-refractivity contribution in [3.8, 4) is 0 Å². The molecule has 0 bridgehead atoms. The normalized spacial score (nSPS) is 25.3. The Morgan fingerprint density at radius 3 is 2.60 bits per heavy atom. The quantitative estimate of drug-likeness (QED) is 0.884. The van der Waals surface area contributed by atoms with Gasteiger partial charge < -0.3 is 10.6 Å². The standard InChI is InChI=1S/C18H27N3O3S/c1-13-6-7-16(25(23,24)21-9-4-3-5-14(21)2)11-17(13)18(22)20-10-8-15(19)12-20/h6-7,11,14-15H,3-5,8-10,12,19H2,1-2H3/t14?,15-/m1/s1. The zero-order valence-electron chi connectivity index (χ0n) is 14.9. The Labute approximate surface area is 150 Å². The lowest BCUT2D eigenvalue weighted by molar-refractivity contribution is 0.0790. The smallest absolute Gasteiger partial charge is 0.254 e. The second kappa shape index (κ2) is 7.05. The fraction of sp³-hybridized carbons (Fsp3) is 0.611. The topological polar surface area (TPSA) is 83.7 Å². The number of carbonyl (C=O) groups is 1. The van der Waals surface area contributed by atoms with Crippen molar-refractivity contribution in [3.63, 3.8) is 0 Å². The zero-order chi connectivity index (χ0) is 18.2. The molecule has 1 unspecified atom stereocenters. The van der Waals surface area contributed by atoms with Crippen molar-refractivity contribution in [3.05, 3.63) is 29.3 Å². The first-order valence-corrected chi connectivity index (χ1v) is 10.4. The summed E-state index contributed by atoms with van der Waals surface area (Å²) in [5.74, 6) is -0.130. The molecule has 2 aliphatic rings. The minimum absolute atomic E-state index is 0.00390. The summed E-state index contributed by atoms with van der Waals surface area (Å²) in [6.45, 7) is 5.48. The highest BCUT2D eigenvalue weighted by atomic mass is 32.2. The summed E-state index contributed by atoms with van der Waals surface area (Å²) in [5, 5.41) is 0. The monoisotopic (exact) mass is 365 g/mol. The van der Waals surface area contributed by atoms with Crippen LogP contribution in [0.3, 0.4) is 0 Å². The molecule has 2 atom stereocenters. The van der Waals surface area contributed by atoms with Gasteiger partial charge in [0.15, 0.2) is 0 Å². The van der Waals surface area contributed by atoms with Gasteiger partial charge in [0.2, 0.25) is 10.0 Å². The van der Waals surface area contributed by atoms with E-state index in [0.717, 1.165) is 31.2 Å². The van der Waals surface area contributed by atoms with Gasteiger partial charge in [-0.15, -0.1) is 0 Å². The van der Waals surface area contributed by atoms with E-state index in [1.807, 2.05) is 13.8 Å². The van der Waals surface area contributed by atoms with Crippen LogP contribution in [0.1, 0.15) is 48.5 Å². The second-order valence-electron chi connectivity index (χ2n) is 7.24. The predicted molar refractivity (Wildman–Crippen MR) is 96.9 cm³/mol. The third-order valence-electron chi connectivity index (χ3n) is 5.30. The molecule has 2 aliphatic heterocycles. The highest BCUT2D eigenvalue weighted by Crippen LogP contribution is 2.27. The van der Waals surface area contributed by atoms with E-state index in [1.54, 1.807) is 21.3 Å². The first kappa shape index (κ1) is 18.4. The minimum Gasteiger partial charge on any atom is -0.337 e. The van der Waals surface area contributed by atoms with Gasteiger partial charge >= 0.3 is 0 Å². The molecule has 0 spiro atoms. The van der Waals surface area contributed by atoms with Gasteiger partial charge in [0.1, 0.15) is 0 Å². The summed E-state index contributed by atoms with van der Waals surface area (Å²) in [5.41, 5.74) is 7.14. The molecule has 25 heavy (non-hydrogen) atoms. The average molecular weight is 365 g/mol. The predicted octanol–water partition coefficient (Wildman–Crippen LogP) is 1.73. The van der Waals surface area contributed by atoms with Crippen molar-refractivity contribution in [2.24, 2.45) is 5.73 Å². The molecule has 0 aromatic heterocycles. The molecule has 138 valence electrons. The van der Waals surface area contributed by atoms with Crippen LogP contribution in [0.15, 0.2) is 23.1 Å². The van der Waals surface area contributed by atoms with Gasteiger partial charge in [-0.05, 0) is 50.8 Å². The summed E-state index contributed by atoms with van der Waals surface area (Å²) in [7, 11) is -3.58. The number of rotatable bonds is 3. The van der Waals surface area contributed by atoms with Crippen LogP contribution in [0.25, 0.3) is 0 Å². The highest BCUT2D eigenvalue weighted by Gasteiger charge is 2.32. The molecule has 1 aromatic rings. The molecule has 0 radical (unpaired) electrons. The summed E-state index contributed by atoms with van der Waals surface area (Å²) in [6.07, 6.45) is 3.60. The maximum absolute atomic E-state index is 13.0. The van der Waals surface area contributed by atoms with Crippen LogP contribution in [0.5, 0.6) is 0 Å². The van der Waals surface area contributed by atoms with E-state index >= 15 is 0 Å². The van der Waals surface area contributed by atoms with Crippen molar-refractivity contribution >= 4 is 15.9 Å². The van der Waals surface area contributed by atoms with Crippen LogP contribution in [0, 0.1) is 6.92 Å². The largest absolute Gasteiger partial charge is 0.337 e. The molecule has 2 N–H and O–H groups in total. The Morgan fingerprint density at radius 2 is 1.96 bits per heavy atom. The summed E-state index contributed by atoms with van der Waals surface area (Å²) >= 11 is 0. The maximum atomic E-state index is 13.0. The fourth-order valence-electron chi connectivity index (χ4n) is 3.70. The number of hydrogen-bond acceptors (Lipinski definition) is 4. The first-order chi connectivity index (χ1) is 11.8. The van der Waals surface area contributed by atoms with E-state index in [4.69, 9.17) is 5.73 Å². The number of carbonyl (C=O) groups excluding carboxylic acids is 1. The van der Waals surface area contributed by atoms with Crippen molar-refractivity contribution in [2.45, 2.75) is 56.5 Å². The number of sulfonamides is 1. The number of amides is 1. The van der Waals surface area contributed by atoms with E-state index in [9.17, 15) is 13.2 Å². The molecule has 1 amide bonds. The molecule has 2 saturated heterocycles. The first-order valence-electron chi connectivity index (χ1n) is 8.98. The lowest BCUT2D eigenvalue weighted by Gasteiger charge is -2.32. The number of piperidine rings is 1. The maximum Gasteiger partial charge on any atom is 0.254 e. The van der Waals surface area contributed by atoms with Gasteiger partial charge in [-0.3, -0.25) is 4.79 Å². The third-order valence-corrected chi connectivity index (χ3v) is 7.31. The molecule has 7 heteroatoms. The van der Waals surface area contributed by atoms with E-state index in [1.165, 1.54) is 6.07 Å². The zero-order valence-corrected chi connectivity index (χ0v) is 15.8. The molecule has 6 nitrogen and oxygen atoms in total. The van der Waals surface area contributed by atoms with Crippen LogP contribution in [0.4, 0.5) is 0 Å². The molecular weight excluding hydrogens is 338 g/mol. The summed E-state index contributed by atoms with van der Waals surface area (Å²) < 4.78 is 27.6. The summed E-state index contributed by atoms with van der Waals surface area (Å²) in [4.78, 5) is 14.7. The van der Waals surface area contributed by atoms with Gasteiger partial charge in [0.05, 0.1) is 4.90 Å². The minimum atomic E-state index is -3.58. The Hall–Kier alpha value is -1.44. The Kier molecular flexibility index (Phi) is 5.18. The van der Waals surface area contributed by atoms with E-state index in [0.29, 0.717) is 25.2 Å². The van der Waals surface area contributed by atoms with Gasteiger partial charge in [0.25, 0.3) is 5.91 Å². The number of likely N-dealkylation sites (tertiary alicyclic amines) is 1. The number of nitrogens with zero attached hydrogens (tertiary/aromatic N) is 2. The Bertz CT molecular complexity index is 763. The molecular formula is C18H27N3O3S. The molecule has 0 aliphatic carbocycles. The third kappa shape index (κ3) is 3.59. The molecule has 2 heterocycles. The van der Waals surface area contributed by atoms with Crippen LogP contribution >= 0.6 is 0 Å². The lowest BCUT2D eigenvalue weighted by atomic mass is 10.1. The highest BCUT2D eigenvalue weighted by molar-refractivity contribution is 7.89. The van der Waals surface area contributed by atoms with Crippen LogP contribution in [-0.4, -0.2) is 55.2 Å². The van der Waals surface area contributed by atoms with Gasteiger partial charge in [-0.2, -0.15) is 4.31 Å². The number of hydrogen-bond donors (Lipinski definition) is 1.